The molecule has 0 unspecified atom stereocenters. The highest BCUT2D eigenvalue weighted by Gasteiger charge is 2.25. The van der Waals surface area contributed by atoms with E-state index in [0.29, 0.717) is 32.1 Å². The first kappa shape index (κ1) is 17.1. The lowest BCUT2D eigenvalue weighted by molar-refractivity contribution is 0.285. The van der Waals surface area contributed by atoms with Crippen LogP contribution in [0.5, 0.6) is 0 Å². The molecule has 0 aliphatic carbocycles. The summed E-state index contributed by atoms with van der Waals surface area (Å²) in [6.45, 7) is 4.33. The van der Waals surface area contributed by atoms with Gasteiger partial charge in [0.1, 0.15) is 12.7 Å². The number of benzene rings is 1. The fourth-order valence-electron chi connectivity index (χ4n) is 2.76. The van der Waals surface area contributed by atoms with E-state index in [4.69, 9.17) is 0 Å². The van der Waals surface area contributed by atoms with Crippen LogP contribution >= 0.6 is 0 Å². The first-order valence-corrected chi connectivity index (χ1v) is 9.62. The van der Waals surface area contributed by atoms with Crippen molar-refractivity contribution >= 4 is 10.2 Å². The van der Waals surface area contributed by atoms with Crippen LogP contribution in [-0.4, -0.2) is 40.6 Å². The van der Waals surface area contributed by atoms with Crippen LogP contribution in [0.25, 0.3) is 0 Å². The maximum atomic E-state index is 12.3. The monoisotopic (exact) mass is 349 g/mol. The highest BCUT2D eigenvalue weighted by molar-refractivity contribution is 7.87. The van der Waals surface area contributed by atoms with Crippen LogP contribution in [-0.2, 0) is 23.3 Å². The van der Waals surface area contributed by atoms with Gasteiger partial charge < -0.3 is 0 Å². The summed E-state index contributed by atoms with van der Waals surface area (Å²) in [4.78, 5) is 3.91. The average Bonchev–Trinajstić information content (AvgIpc) is 3.08. The number of piperidine rings is 1. The van der Waals surface area contributed by atoms with E-state index in [-0.39, 0.29) is 0 Å². The molecule has 1 saturated heterocycles. The van der Waals surface area contributed by atoms with Crippen LogP contribution in [0.3, 0.4) is 0 Å². The van der Waals surface area contributed by atoms with Gasteiger partial charge >= 0.3 is 0 Å². The van der Waals surface area contributed by atoms with Crippen LogP contribution < -0.4 is 4.72 Å². The van der Waals surface area contributed by atoms with Gasteiger partial charge in [0.25, 0.3) is 10.2 Å². The van der Waals surface area contributed by atoms with Crippen LogP contribution in [0.1, 0.15) is 30.9 Å². The molecule has 2 heterocycles. The topological polar surface area (TPSA) is 80.1 Å². The van der Waals surface area contributed by atoms with E-state index in [1.807, 2.05) is 24.3 Å². The number of hydrogen-bond donors (Lipinski definition) is 1. The molecule has 0 amide bonds. The van der Waals surface area contributed by atoms with Gasteiger partial charge in [-0.2, -0.15) is 22.5 Å². The maximum absolute atomic E-state index is 12.3. The summed E-state index contributed by atoms with van der Waals surface area (Å²) in [6, 6.07) is 7.84. The molecule has 0 atom stereocenters. The van der Waals surface area contributed by atoms with Gasteiger partial charge in [-0.25, -0.2) is 9.67 Å². The molecule has 2 aromatic rings. The van der Waals surface area contributed by atoms with Gasteiger partial charge in [0, 0.05) is 19.6 Å². The Morgan fingerprint density at radius 1 is 1.17 bits per heavy atom. The summed E-state index contributed by atoms with van der Waals surface area (Å²) in [7, 11) is -3.40. The van der Waals surface area contributed by atoms with E-state index in [2.05, 4.69) is 21.7 Å². The highest BCUT2D eigenvalue weighted by Crippen LogP contribution is 2.18. The zero-order valence-corrected chi connectivity index (χ0v) is 14.6. The molecule has 3 rings (SSSR count). The van der Waals surface area contributed by atoms with Gasteiger partial charge in [-0.1, -0.05) is 31.2 Å². The Hall–Kier alpha value is -1.77. The molecular weight excluding hydrogens is 326 g/mol. The first-order valence-electron chi connectivity index (χ1n) is 8.18. The highest BCUT2D eigenvalue weighted by atomic mass is 32.2. The third kappa shape index (κ3) is 4.40. The Labute approximate surface area is 142 Å². The Morgan fingerprint density at radius 3 is 2.46 bits per heavy atom. The molecule has 1 aliphatic rings. The first-order chi connectivity index (χ1) is 11.5. The minimum Gasteiger partial charge on any atom is -0.249 e. The normalized spacial score (nSPS) is 17.2. The lowest BCUT2D eigenvalue weighted by Gasteiger charge is -2.29. The molecule has 24 heavy (non-hydrogen) atoms. The molecule has 0 spiro atoms. The zero-order chi connectivity index (χ0) is 17.0. The third-order valence-corrected chi connectivity index (χ3v) is 5.93. The molecule has 1 aliphatic heterocycles. The minimum absolute atomic E-state index is 0.304. The second kappa shape index (κ2) is 7.42. The van der Waals surface area contributed by atoms with Gasteiger partial charge in [0.05, 0.1) is 6.54 Å². The predicted molar refractivity (Wildman–Crippen MR) is 91.3 cm³/mol. The average molecular weight is 349 g/mol. The van der Waals surface area contributed by atoms with Gasteiger partial charge in [-0.05, 0) is 29.9 Å². The molecule has 8 heteroatoms. The lowest BCUT2D eigenvalue weighted by atomic mass is 10.0. The van der Waals surface area contributed by atoms with Crippen LogP contribution in [0, 0.1) is 5.92 Å². The number of nitrogens with zero attached hydrogens (tertiary/aromatic N) is 4. The Kier molecular flexibility index (Phi) is 5.27. The second-order valence-electron chi connectivity index (χ2n) is 6.32. The summed E-state index contributed by atoms with van der Waals surface area (Å²) in [5.41, 5.74) is 2.03. The molecule has 0 bridgehead atoms. The van der Waals surface area contributed by atoms with Crippen molar-refractivity contribution in [3.8, 4) is 0 Å². The molecule has 7 nitrogen and oxygen atoms in total. The van der Waals surface area contributed by atoms with Gasteiger partial charge in [-0.15, -0.1) is 0 Å². The van der Waals surface area contributed by atoms with Crippen molar-refractivity contribution in [1.82, 2.24) is 23.8 Å². The van der Waals surface area contributed by atoms with Crippen LogP contribution in [0.4, 0.5) is 0 Å². The Bertz CT molecular complexity index is 735. The number of aromatic nitrogens is 3. The quantitative estimate of drug-likeness (QED) is 0.855. The summed E-state index contributed by atoms with van der Waals surface area (Å²) < 4.78 is 30.7. The van der Waals surface area contributed by atoms with E-state index in [9.17, 15) is 8.42 Å². The van der Waals surface area contributed by atoms with Crippen molar-refractivity contribution in [1.29, 1.82) is 0 Å². The van der Waals surface area contributed by atoms with Gasteiger partial charge in [-0.3, -0.25) is 0 Å². The molecule has 0 saturated carbocycles. The van der Waals surface area contributed by atoms with Crippen molar-refractivity contribution in [3.05, 3.63) is 48.0 Å². The van der Waals surface area contributed by atoms with E-state index in [1.54, 1.807) is 15.3 Å². The van der Waals surface area contributed by atoms with Gasteiger partial charge in [0.2, 0.25) is 0 Å². The summed E-state index contributed by atoms with van der Waals surface area (Å²) >= 11 is 0. The van der Waals surface area contributed by atoms with Crippen LogP contribution in [0.15, 0.2) is 36.9 Å². The molecule has 1 aromatic heterocycles. The molecule has 1 aromatic carbocycles. The summed E-state index contributed by atoms with van der Waals surface area (Å²) in [5, 5.41) is 4.07. The number of rotatable bonds is 6. The SMILES string of the molecule is CC1CCN(S(=O)(=O)NCc2ccc(Cn3cncn3)cc2)CC1. The van der Waals surface area contributed by atoms with E-state index >= 15 is 0 Å². The summed E-state index contributed by atoms with van der Waals surface area (Å²) in [5.74, 6) is 0.606. The fraction of sp³-hybridized carbons (Fsp3) is 0.500. The van der Waals surface area contributed by atoms with E-state index < -0.39 is 10.2 Å². The Morgan fingerprint density at radius 2 is 1.83 bits per heavy atom. The molecular formula is C16H23N5O2S. The number of nitrogens with one attached hydrogen (secondary N) is 1. The predicted octanol–water partition coefficient (Wildman–Crippen LogP) is 1.39. The largest absolute Gasteiger partial charge is 0.279 e. The smallest absolute Gasteiger partial charge is 0.249 e. The lowest BCUT2D eigenvalue weighted by Crippen LogP contribution is -2.44. The second-order valence-corrected chi connectivity index (χ2v) is 8.07. The molecule has 1 fully saturated rings. The summed E-state index contributed by atoms with van der Waals surface area (Å²) in [6.07, 6.45) is 5.03. The van der Waals surface area contributed by atoms with Crippen molar-refractivity contribution in [2.75, 3.05) is 13.1 Å². The Balaban J connectivity index is 1.54. The van der Waals surface area contributed by atoms with Crippen molar-refractivity contribution in [2.45, 2.75) is 32.9 Å². The fourth-order valence-corrected chi connectivity index (χ4v) is 3.98. The minimum atomic E-state index is -3.40. The third-order valence-electron chi connectivity index (χ3n) is 4.38. The van der Waals surface area contributed by atoms with Crippen molar-refractivity contribution < 1.29 is 8.42 Å². The maximum Gasteiger partial charge on any atom is 0.279 e. The zero-order valence-electron chi connectivity index (χ0n) is 13.8. The van der Waals surface area contributed by atoms with E-state index in [1.165, 1.54) is 6.33 Å². The van der Waals surface area contributed by atoms with Crippen molar-refractivity contribution in [2.24, 2.45) is 5.92 Å². The molecule has 130 valence electrons. The van der Waals surface area contributed by atoms with Crippen LogP contribution in [0.2, 0.25) is 0 Å². The standard InChI is InChI=1S/C16H23N5O2S/c1-14-6-8-21(9-7-14)24(22,23)19-10-15-2-4-16(5-3-15)11-20-13-17-12-18-20/h2-5,12-14,19H,6-11H2,1H3. The molecule has 1 N–H and O–H groups in total. The van der Waals surface area contributed by atoms with Crippen molar-refractivity contribution in [3.63, 3.8) is 0 Å². The van der Waals surface area contributed by atoms with E-state index in [0.717, 1.165) is 24.0 Å². The van der Waals surface area contributed by atoms with Gasteiger partial charge in [0.15, 0.2) is 0 Å². The number of hydrogen-bond acceptors (Lipinski definition) is 4. The molecule has 0 radical (unpaired) electrons.